The van der Waals surface area contributed by atoms with Crippen molar-refractivity contribution < 1.29 is 28.9 Å². The van der Waals surface area contributed by atoms with Crippen LogP contribution < -0.4 is 4.74 Å². The van der Waals surface area contributed by atoms with Gasteiger partial charge in [-0.05, 0) is 67.0 Å². The zero-order valence-electron chi connectivity index (χ0n) is 17.5. The minimum atomic E-state index is -0.808. The molecule has 1 saturated carbocycles. The lowest BCUT2D eigenvalue weighted by Crippen LogP contribution is -2.38. The number of nitrogens with zero attached hydrogens (tertiary/aromatic N) is 1. The van der Waals surface area contributed by atoms with Gasteiger partial charge in [-0.25, -0.2) is 9.37 Å². The average Bonchev–Trinajstić information content (AvgIpc) is 2.75. The number of aromatic hydroxyl groups is 1. The van der Waals surface area contributed by atoms with Gasteiger partial charge in [0.2, 0.25) is 5.88 Å². The van der Waals surface area contributed by atoms with Gasteiger partial charge in [0.05, 0.1) is 11.4 Å². The maximum atomic E-state index is 13.7. The Morgan fingerprint density at radius 2 is 1.81 bits per heavy atom. The predicted octanol–water partition coefficient (Wildman–Crippen LogP) is 4.88. The molecule has 5 rings (SSSR count). The highest BCUT2D eigenvalue weighted by atomic mass is 19.1. The van der Waals surface area contributed by atoms with E-state index in [1.165, 1.54) is 12.1 Å². The first-order valence-corrected chi connectivity index (χ1v) is 10.9. The normalized spacial score (nSPS) is 21.3. The summed E-state index contributed by atoms with van der Waals surface area (Å²) < 4.78 is 25.5. The smallest absolute Gasteiger partial charge is 0.306 e. The molecule has 6 nitrogen and oxygen atoms in total. The number of carboxylic acid groups (broad SMARTS) is 1. The molecule has 2 heterocycles. The topological polar surface area (TPSA) is 88.9 Å². The van der Waals surface area contributed by atoms with Gasteiger partial charge in [0.25, 0.3) is 0 Å². The van der Waals surface area contributed by atoms with Gasteiger partial charge >= 0.3 is 5.97 Å². The lowest BCUT2D eigenvalue weighted by molar-refractivity contribution is -0.148. The molecular weight excluding hydrogens is 413 g/mol. The zero-order chi connectivity index (χ0) is 22.2. The summed E-state index contributed by atoms with van der Waals surface area (Å²) in [4.78, 5) is 16.0. The molecule has 3 aromatic rings. The molecule has 1 aliphatic heterocycles. The molecule has 0 atom stereocenters. The number of aromatic nitrogens is 1. The van der Waals surface area contributed by atoms with Gasteiger partial charge in [0.1, 0.15) is 17.7 Å². The van der Waals surface area contributed by atoms with E-state index in [9.17, 15) is 19.4 Å². The molecule has 0 radical (unpaired) electrons. The minimum absolute atomic E-state index is 0.0920. The molecule has 0 bridgehead atoms. The fourth-order valence-electron chi connectivity index (χ4n) is 4.65. The van der Waals surface area contributed by atoms with E-state index in [-0.39, 0.29) is 23.6 Å². The molecule has 2 aliphatic rings. The third kappa shape index (κ3) is 3.88. The molecule has 0 amide bonds. The number of pyridine rings is 1. The average molecular weight is 437 g/mol. The number of hydrogen-bond donors (Lipinski definition) is 2. The Labute approximate surface area is 184 Å². The fourth-order valence-corrected chi connectivity index (χ4v) is 4.65. The van der Waals surface area contributed by atoms with E-state index in [0.717, 1.165) is 34.9 Å². The van der Waals surface area contributed by atoms with Crippen LogP contribution in [0.25, 0.3) is 22.0 Å². The van der Waals surface area contributed by atoms with Crippen molar-refractivity contribution >= 4 is 16.9 Å². The molecule has 2 aromatic carbocycles. The second-order valence-electron chi connectivity index (χ2n) is 8.55. The number of hydrogen-bond acceptors (Lipinski definition) is 5. The van der Waals surface area contributed by atoms with Crippen molar-refractivity contribution in [1.82, 2.24) is 4.98 Å². The summed E-state index contributed by atoms with van der Waals surface area (Å²) >= 11 is 0. The second kappa shape index (κ2) is 8.39. The van der Waals surface area contributed by atoms with Crippen molar-refractivity contribution in [2.45, 2.75) is 37.7 Å². The minimum Gasteiger partial charge on any atom is -0.508 e. The lowest BCUT2D eigenvalue weighted by atomic mass is 9.82. The van der Waals surface area contributed by atoms with Gasteiger partial charge in [0.15, 0.2) is 0 Å². The summed E-state index contributed by atoms with van der Waals surface area (Å²) in [5, 5.41) is 20.1. The molecule has 32 heavy (non-hydrogen) atoms. The van der Waals surface area contributed by atoms with E-state index in [1.54, 1.807) is 24.3 Å². The Kier molecular flexibility index (Phi) is 5.43. The Balaban J connectivity index is 1.68. The van der Waals surface area contributed by atoms with Crippen molar-refractivity contribution in [3.63, 3.8) is 0 Å². The van der Waals surface area contributed by atoms with E-state index in [4.69, 9.17) is 14.5 Å². The number of fused-ring (bicyclic) bond motifs is 1. The third-order valence-corrected chi connectivity index (χ3v) is 6.46. The molecule has 0 unspecified atom stereocenters. The van der Waals surface area contributed by atoms with Crippen LogP contribution in [0.5, 0.6) is 11.6 Å². The Morgan fingerprint density at radius 3 is 2.50 bits per heavy atom. The summed E-state index contributed by atoms with van der Waals surface area (Å²) in [6.07, 6.45) is 2.26. The fraction of sp³-hybridized carbons (Fsp3) is 0.360. The monoisotopic (exact) mass is 437 g/mol. The first kappa shape index (κ1) is 20.7. The number of phenolic OH excluding ortho intramolecular Hbond substituents is 1. The second-order valence-corrected chi connectivity index (χ2v) is 8.55. The van der Waals surface area contributed by atoms with Gasteiger partial charge < -0.3 is 19.7 Å². The van der Waals surface area contributed by atoms with Crippen molar-refractivity contribution in [3.05, 3.63) is 53.8 Å². The largest absolute Gasteiger partial charge is 0.508 e. The SMILES string of the molecule is O=C(O)C1CC(Oc2nc3cc(O)ccc3c(-c3ccc(F)cc3)c2C2CCOCC2)C1. The van der Waals surface area contributed by atoms with E-state index in [1.807, 2.05) is 6.07 Å². The van der Waals surface area contributed by atoms with Gasteiger partial charge in [-0.1, -0.05) is 12.1 Å². The molecule has 166 valence electrons. The van der Waals surface area contributed by atoms with E-state index in [2.05, 4.69) is 0 Å². The maximum Gasteiger partial charge on any atom is 0.306 e. The highest BCUT2D eigenvalue weighted by Crippen LogP contribution is 2.45. The number of aliphatic carboxylic acids is 1. The Hall–Kier alpha value is -3.19. The van der Waals surface area contributed by atoms with Crippen molar-refractivity contribution in [3.8, 4) is 22.8 Å². The first-order valence-electron chi connectivity index (χ1n) is 10.9. The molecule has 0 spiro atoms. The van der Waals surface area contributed by atoms with E-state index in [0.29, 0.717) is 37.5 Å². The van der Waals surface area contributed by atoms with Crippen LogP contribution in [0, 0.1) is 11.7 Å². The van der Waals surface area contributed by atoms with Crippen LogP contribution in [-0.4, -0.2) is 40.5 Å². The summed E-state index contributed by atoms with van der Waals surface area (Å²) in [6.45, 7) is 1.26. The number of carboxylic acids is 1. The number of phenols is 1. The van der Waals surface area contributed by atoms with Crippen molar-refractivity contribution in [2.24, 2.45) is 5.92 Å². The summed E-state index contributed by atoms with van der Waals surface area (Å²) in [7, 11) is 0. The Bertz CT molecular complexity index is 1150. The van der Waals surface area contributed by atoms with Crippen LogP contribution in [0.2, 0.25) is 0 Å². The Morgan fingerprint density at radius 1 is 1.09 bits per heavy atom. The van der Waals surface area contributed by atoms with Crippen LogP contribution in [-0.2, 0) is 9.53 Å². The number of ether oxygens (including phenoxy) is 2. The third-order valence-electron chi connectivity index (χ3n) is 6.46. The van der Waals surface area contributed by atoms with Crippen molar-refractivity contribution in [1.29, 1.82) is 0 Å². The van der Waals surface area contributed by atoms with Crippen molar-refractivity contribution in [2.75, 3.05) is 13.2 Å². The van der Waals surface area contributed by atoms with Crippen LogP contribution in [0.3, 0.4) is 0 Å². The maximum absolute atomic E-state index is 13.7. The molecule has 1 saturated heterocycles. The van der Waals surface area contributed by atoms with Crippen LogP contribution in [0.15, 0.2) is 42.5 Å². The van der Waals surface area contributed by atoms with Gasteiger partial charge in [-0.15, -0.1) is 0 Å². The number of benzene rings is 2. The van der Waals surface area contributed by atoms with Crippen LogP contribution in [0.1, 0.15) is 37.2 Å². The number of halogens is 1. The zero-order valence-corrected chi connectivity index (χ0v) is 17.5. The number of carbonyl (C=O) groups is 1. The molecule has 7 heteroatoms. The van der Waals surface area contributed by atoms with Gasteiger partial charge in [-0.2, -0.15) is 0 Å². The predicted molar refractivity (Wildman–Crippen MR) is 116 cm³/mol. The lowest BCUT2D eigenvalue weighted by Gasteiger charge is -2.34. The van der Waals surface area contributed by atoms with Crippen LogP contribution >= 0.6 is 0 Å². The molecule has 2 fully saturated rings. The van der Waals surface area contributed by atoms with Crippen LogP contribution in [0.4, 0.5) is 4.39 Å². The molecular formula is C25H24FNO5. The quantitative estimate of drug-likeness (QED) is 0.591. The summed E-state index contributed by atoms with van der Waals surface area (Å²) in [6, 6.07) is 11.4. The van der Waals surface area contributed by atoms with E-state index >= 15 is 0 Å². The van der Waals surface area contributed by atoms with Gasteiger partial charge in [-0.3, -0.25) is 4.79 Å². The number of rotatable bonds is 5. The molecule has 1 aliphatic carbocycles. The van der Waals surface area contributed by atoms with E-state index < -0.39 is 11.9 Å². The summed E-state index contributed by atoms with van der Waals surface area (Å²) in [5.74, 6) is -0.828. The molecule has 2 N–H and O–H groups in total. The highest BCUT2D eigenvalue weighted by Gasteiger charge is 2.37. The highest BCUT2D eigenvalue weighted by molar-refractivity contribution is 5.98. The first-order chi connectivity index (χ1) is 15.5. The summed E-state index contributed by atoms with van der Waals surface area (Å²) in [5.41, 5.74) is 3.26. The van der Waals surface area contributed by atoms with Gasteiger partial charge in [0, 0.05) is 30.2 Å². The standard InChI is InChI=1S/C25H24FNO5/c26-17-3-1-14(2-4-17)22-20-6-5-18(28)13-21(20)27-24(23(22)15-7-9-31-10-8-15)32-19-11-16(12-19)25(29)30/h1-6,13,15-16,19,28H,7-12H2,(H,29,30). The molecule has 1 aromatic heterocycles.